The molecule has 0 atom stereocenters. The van der Waals surface area contributed by atoms with E-state index >= 15 is 0 Å². The van der Waals surface area contributed by atoms with Crippen molar-refractivity contribution < 1.29 is 10.2 Å². The summed E-state index contributed by atoms with van der Waals surface area (Å²) in [5, 5.41) is 18.2. The van der Waals surface area contributed by atoms with E-state index in [0.717, 1.165) is 0 Å². The molecule has 0 unspecified atom stereocenters. The highest BCUT2D eigenvalue weighted by Crippen LogP contribution is 2.09. The predicted molar refractivity (Wildman–Crippen MR) is 106 cm³/mol. The lowest BCUT2D eigenvalue weighted by molar-refractivity contribution is 0.559. The number of aliphatic hydroxyl groups excluding tert-OH is 2. The maximum Gasteiger partial charge on any atom is 0.251 e. The number of aromatic nitrogens is 1. The number of H-pyrrole nitrogens is 1. The number of hydrogen-bond acceptors (Lipinski definition) is 3. The lowest BCUT2D eigenvalue weighted by Crippen LogP contribution is -2.03. The van der Waals surface area contributed by atoms with Gasteiger partial charge in [-0.2, -0.15) is 0 Å². The van der Waals surface area contributed by atoms with Crippen molar-refractivity contribution in [3.63, 3.8) is 0 Å². The van der Waals surface area contributed by atoms with Crippen molar-refractivity contribution in [3.05, 3.63) is 36.5 Å². The van der Waals surface area contributed by atoms with Gasteiger partial charge in [0.1, 0.15) is 0 Å². The summed E-state index contributed by atoms with van der Waals surface area (Å²) < 4.78 is 0. The third-order valence-electron chi connectivity index (χ3n) is 1.46. The largest absolute Gasteiger partial charge is 0.487 e. The van der Waals surface area contributed by atoms with Crippen LogP contribution in [0.5, 0.6) is 0 Å². The van der Waals surface area contributed by atoms with E-state index in [-0.39, 0.29) is 19.8 Å². The van der Waals surface area contributed by atoms with Crippen LogP contribution in [0.25, 0.3) is 10.9 Å². The first-order valence-electron chi connectivity index (χ1n) is 5.42. The van der Waals surface area contributed by atoms with Crippen molar-refractivity contribution in [2.75, 3.05) is 14.1 Å². The number of hydrogen-bond donors (Lipinski definition) is 6. The van der Waals surface area contributed by atoms with Crippen LogP contribution in [0.3, 0.4) is 0 Å². The molecule has 2 rings (SSSR count). The fraction of sp³-hybridized carbons (Fsp3) is 0.231. The normalized spacial score (nSPS) is 7.18. The van der Waals surface area contributed by atoms with Crippen molar-refractivity contribution in [2.24, 2.45) is 11.5 Å². The summed E-state index contributed by atoms with van der Waals surface area (Å²) >= 11 is 7.74. The Hall–Kier alpha value is -1.61. The van der Waals surface area contributed by atoms with E-state index in [1.54, 1.807) is 0 Å². The summed E-state index contributed by atoms with van der Waals surface area (Å²) in [4.78, 5) is 3.12. The maximum atomic E-state index is 7.56. The van der Waals surface area contributed by atoms with Gasteiger partial charge in [0, 0.05) is 11.7 Å². The number of para-hydroxylation sites is 1. The van der Waals surface area contributed by atoms with Gasteiger partial charge in [-0.15, -0.1) is 12.4 Å². The molecule has 22 heavy (non-hydrogen) atoms. The zero-order valence-corrected chi connectivity index (χ0v) is 14.2. The molecule has 1 heterocycles. The van der Waals surface area contributed by atoms with Gasteiger partial charge < -0.3 is 32.0 Å². The maximum absolute atomic E-state index is 7.56. The highest BCUT2D eigenvalue weighted by molar-refractivity contribution is 7.80. The Labute approximate surface area is 148 Å². The zero-order chi connectivity index (χ0) is 16.0. The van der Waals surface area contributed by atoms with E-state index in [9.17, 15) is 0 Å². The van der Waals surface area contributed by atoms with Gasteiger partial charge in [-0.25, -0.2) is 0 Å². The summed E-state index contributed by atoms with van der Waals surface area (Å²) in [5.74, 6) is 0. The van der Waals surface area contributed by atoms with Gasteiger partial charge in [0.25, 0.3) is 10.3 Å². The summed E-state index contributed by atoms with van der Waals surface area (Å²) in [6, 6.07) is 10.3. The van der Waals surface area contributed by atoms with Crippen LogP contribution in [0.4, 0.5) is 0 Å². The van der Waals surface area contributed by atoms with Gasteiger partial charge in [0.05, 0.1) is 0 Å². The second-order valence-electron chi connectivity index (χ2n) is 3.24. The molecule has 0 spiro atoms. The summed E-state index contributed by atoms with van der Waals surface area (Å²) in [7, 11) is 3.75. The Morgan fingerprint density at radius 2 is 1.41 bits per heavy atom. The topological polar surface area (TPSA) is 120 Å². The number of aliphatic hydroxyl groups is 2. The number of thiocarbonyl (C=S) groups is 2. The van der Waals surface area contributed by atoms with E-state index < -0.39 is 10.3 Å². The van der Waals surface area contributed by atoms with Crippen molar-refractivity contribution in [3.8, 4) is 0 Å². The average molecular weight is 369 g/mol. The van der Waals surface area contributed by atoms with Crippen LogP contribution in [0.2, 0.25) is 0 Å². The first kappa shape index (κ1) is 28.5. The molecule has 1 aromatic heterocycles. The molecular weight excluding hydrogens is 344 g/mol. The number of nitrogens with two attached hydrogens (primary N) is 2. The number of fused-ring (bicyclic) bond motifs is 1. The standard InChI is InChI=1S/C8H7N.C2H7N.2CH3NOS.CH4.ClH/c1-2-4-8-7(3-1)5-6-9-8;1-3-2;2*2-1(3)4;;/h1-6,9H;3H,1-2H3;2*(H3,2,3,4);1H4;1H. The van der Waals surface area contributed by atoms with Crippen molar-refractivity contribution in [1.29, 1.82) is 0 Å². The molecule has 0 saturated heterocycles. The van der Waals surface area contributed by atoms with Crippen LogP contribution < -0.4 is 16.8 Å². The molecule has 0 amide bonds. The second kappa shape index (κ2) is 19.4. The van der Waals surface area contributed by atoms with Gasteiger partial charge >= 0.3 is 0 Å². The quantitative estimate of drug-likeness (QED) is 0.395. The molecule has 0 aliphatic carbocycles. The number of halogens is 1. The fourth-order valence-electron chi connectivity index (χ4n) is 0.995. The van der Waals surface area contributed by atoms with E-state index in [0.29, 0.717) is 0 Å². The number of nitrogens with one attached hydrogen (secondary N) is 2. The molecular formula is C13H25ClN4O2S2. The highest BCUT2D eigenvalue weighted by atomic mass is 35.5. The Morgan fingerprint density at radius 3 is 1.77 bits per heavy atom. The molecule has 0 radical (unpaired) electrons. The lowest BCUT2D eigenvalue weighted by Gasteiger charge is -1.83. The molecule has 128 valence electrons. The van der Waals surface area contributed by atoms with Gasteiger partial charge in [-0.05, 0) is 56.1 Å². The molecule has 9 heteroatoms. The Morgan fingerprint density at radius 1 is 1.05 bits per heavy atom. The number of benzene rings is 1. The molecule has 0 saturated carbocycles. The number of rotatable bonds is 0. The van der Waals surface area contributed by atoms with Gasteiger partial charge in [0.15, 0.2) is 0 Å². The second-order valence-corrected chi connectivity index (χ2v) is 4.08. The lowest BCUT2D eigenvalue weighted by atomic mass is 10.3. The summed E-state index contributed by atoms with van der Waals surface area (Å²) in [5.41, 5.74) is 10.0. The van der Waals surface area contributed by atoms with Gasteiger partial charge in [-0.3, -0.25) is 0 Å². The van der Waals surface area contributed by atoms with Crippen molar-refractivity contribution in [2.45, 2.75) is 7.43 Å². The first-order chi connectivity index (χ1) is 9.34. The monoisotopic (exact) mass is 368 g/mol. The van der Waals surface area contributed by atoms with Crippen LogP contribution in [0.15, 0.2) is 36.5 Å². The predicted octanol–water partition coefficient (Wildman–Crippen LogP) is 2.64. The zero-order valence-electron chi connectivity index (χ0n) is 11.7. The summed E-state index contributed by atoms with van der Waals surface area (Å²) in [6.07, 6.45) is 1.95. The minimum Gasteiger partial charge on any atom is -0.487 e. The Balaban J connectivity index is -0.000000109. The van der Waals surface area contributed by atoms with Gasteiger partial charge in [0.2, 0.25) is 0 Å². The van der Waals surface area contributed by atoms with Crippen LogP contribution >= 0.6 is 36.8 Å². The third kappa shape index (κ3) is 23.5. The smallest absolute Gasteiger partial charge is 0.251 e. The summed E-state index contributed by atoms with van der Waals surface area (Å²) in [6.45, 7) is 0. The first-order valence-corrected chi connectivity index (χ1v) is 6.24. The number of aromatic amines is 1. The molecule has 0 fully saturated rings. The van der Waals surface area contributed by atoms with Gasteiger partial charge in [-0.1, -0.05) is 25.6 Å². The third-order valence-corrected chi connectivity index (χ3v) is 1.46. The molecule has 1 aromatic carbocycles. The molecule has 0 aliphatic heterocycles. The van der Waals surface area contributed by atoms with Crippen LogP contribution in [0.1, 0.15) is 7.43 Å². The van der Waals surface area contributed by atoms with E-state index in [2.05, 4.69) is 64.4 Å². The minimum absolute atomic E-state index is 0. The van der Waals surface area contributed by atoms with Crippen LogP contribution in [-0.2, 0) is 0 Å². The van der Waals surface area contributed by atoms with E-state index in [1.165, 1.54) is 10.9 Å². The fourth-order valence-corrected chi connectivity index (χ4v) is 0.995. The SMILES string of the molecule is C.CNC.Cl.NC(O)=S.NC(O)=S.c1ccc2[nH]ccc2c1. The van der Waals surface area contributed by atoms with Crippen molar-refractivity contribution >= 4 is 58.1 Å². The molecule has 0 bridgehead atoms. The van der Waals surface area contributed by atoms with Crippen LogP contribution in [-0.4, -0.2) is 39.6 Å². The van der Waals surface area contributed by atoms with E-state index in [4.69, 9.17) is 10.2 Å². The molecule has 2 aromatic rings. The Kier molecular flexibility index (Phi) is 25.2. The molecule has 0 aliphatic rings. The highest BCUT2D eigenvalue weighted by Gasteiger charge is 1.86. The van der Waals surface area contributed by atoms with Crippen LogP contribution in [0, 0.1) is 0 Å². The minimum atomic E-state index is -0.500. The van der Waals surface area contributed by atoms with E-state index in [1.807, 2.05) is 32.4 Å². The molecule has 6 nitrogen and oxygen atoms in total. The average Bonchev–Trinajstić information content (AvgIpc) is 2.76. The van der Waals surface area contributed by atoms with Crippen molar-refractivity contribution in [1.82, 2.24) is 10.3 Å². The molecule has 8 N–H and O–H groups in total. The Bertz CT molecular complexity index is 459.